The van der Waals surface area contributed by atoms with Crippen LogP contribution in [0.4, 0.5) is 0 Å². The van der Waals surface area contributed by atoms with Crippen LogP contribution in [-0.2, 0) is 9.59 Å². The number of nitrogens with zero attached hydrogens (tertiary/aromatic N) is 1. The van der Waals surface area contributed by atoms with Gasteiger partial charge in [0.15, 0.2) is 0 Å². The van der Waals surface area contributed by atoms with E-state index in [2.05, 4.69) is 12.2 Å². The number of carbonyl (C=O) groups excluding carboxylic acids is 1. The lowest BCUT2D eigenvalue weighted by atomic mass is 9.61. The number of carboxylic acids is 1. The standard InChI is InChI=1S/C21H37N3O3/c1-3-13-7-8-18-17(9-13)16(11-19(23-18)24(2)12-20(25)26)14-5-4-6-15(10-14)21(22)27/h13-19,23H,3-12H2,1-2H3,(H2,22,27)(H,25,26). The summed E-state index contributed by atoms with van der Waals surface area (Å²) in [5.41, 5.74) is 5.64. The van der Waals surface area contributed by atoms with Crippen LogP contribution in [0, 0.1) is 29.6 Å². The highest BCUT2D eigenvalue weighted by Gasteiger charge is 2.45. The van der Waals surface area contributed by atoms with Gasteiger partial charge in [0, 0.05) is 12.0 Å². The van der Waals surface area contributed by atoms with Crippen LogP contribution in [0.25, 0.3) is 0 Å². The van der Waals surface area contributed by atoms with E-state index in [0.717, 1.165) is 31.6 Å². The van der Waals surface area contributed by atoms with Gasteiger partial charge in [0.05, 0.1) is 12.7 Å². The van der Waals surface area contributed by atoms with E-state index in [0.29, 0.717) is 23.8 Å². The molecule has 1 amide bonds. The molecule has 1 aliphatic heterocycles. The lowest BCUT2D eigenvalue weighted by molar-refractivity contribution is -0.139. The Morgan fingerprint density at radius 2 is 1.89 bits per heavy atom. The summed E-state index contributed by atoms with van der Waals surface area (Å²) in [7, 11) is 1.91. The molecule has 3 fully saturated rings. The molecule has 7 atom stereocenters. The first kappa shape index (κ1) is 20.6. The Balaban J connectivity index is 1.77. The predicted octanol–water partition coefficient (Wildman–Crippen LogP) is 2.42. The maximum Gasteiger partial charge on any atom is 0.317 e. The number of nitrogens with one attached hydrogen (secondary N) is 1. The van der Waals surface area contributed by atoms with Crippen molar-refractivity contribution in [2.24, 2.45) is 35.3 Å². The quantitative estimate of drug-likeness (QED) is 0.659. The number of hydrogen-bond donors (Lipinski definition) is 3. The summed E-state index contributed by atoms with van der Waals surface area (Å²) in [5.74, 6) is 1.67. The Bertz CT molecular complexity index is 541. The second kappa shape index (κ2) is 8.91. The number of nitrogens with two attached hydrogens (primary N) is 1. The van der Waals surface area contributed by atoms with Crippen LogP contribution in [0.3, 0.4) is 0 Å². The smallest absolute Gasteiger partial charge is 0.317 e. The van der Waals surface area contributed by atoms with Crippen LogP contribution < -0.4 is 11.1 Å². The first-order chi connectivity index (χ1) is 12.9. The van der Waals surface area contributed by atoms with E-state index in [-0.39, 0.29) is 24.5 Å². The van der Waals surface area contributed by atoms with Crippen molar-refractivity contribution in [3.8, 4) is 0 Å². The van der Waals surface area contributed by atoms with Crippen molar-refractivity contribution < 1.29 is 14.7 Å². The zero-order chi connectivity index (χ0) is 19.6. The van der Waals surface area contributed by atoms with E-state index in [1.165, 1.54) is 32.1 Å². The molecule has 2 saturated carbocycles. The average Bonchev–Trinajstić information content (AvgIpc) is 2.66. The van der Waals surface area contributed by atoms with E-state index in [1.54, 1.807) is 0 Å². The molecule has 0 bridgehead atoms. The Kier molecular flexibility index (Phi) is 6.79. The number of aliphatic carboxylic acids is 1. The third kappa shape index (κ3) is 4.83. The number of hydrogen-bond acceptors (Lipinski definition) is 4. The van der Waals surface area contributed by atoms with Gasteiger partial charge in [0.25, 0.3) is 0 Å². The molecule has 1 saturated heterocycles. The third-order valence-corrected chi connectivity index (χ3v) is 7.68. The summed E-state index contributed by atoms with van der Waals surface area (Å²) in [6.45, 7) is 2.36. The van der Waals surface area contributed by atoms with Gasteiger partial charge in [-0.1, -0.05) is 26.2 Å². The molecule has 6 nitrogen and oxygen atoms in total. The monoisotopic (exact) mass is 379 g/mol. The van der Waals surface area contributed by atoms with Crippen molar-refractivity contribution in [3.05, 3.63) is 0 Å². The topological polar surface area (TPSA) is 95.7 Å². The minimum absolute atomic E-state index is 0.0258. The number of carbonyl (C=O) groups is 2. The average molecular weight is 380 g/mol. The second-order valence-corrected chi connectivity index (χ2v) is 9.27. The molecule has 154 valence electrons. The summed E-state index contributed by atoms with van der Waals surface area (Å²) < 4.78 is 0. The maximum atomic E-state index is 11.8. The van der Waals surface area contributed by atoms with Crippen molar-refractivity contribution in [1.29, 1.82) is 0 Å². The van der Waals surface area contributed by atoms with Gasteiger partial charge < -0.3 is 10.8 Å². The van der Waals surface area contributed by atoms with Crippen LogP contribution >= 0.6 is 0 Å². The molecular formula is C21H37N3O3. The third-order valence-electron chi connectivity index (χ3n) is 7.68. The fourth-order valence-corrected chi connectivity index (χ4v) is 6.14. The molecule has 0 spiro atoms. The molecule has 1 heterocycles. The molecule has 0 aromatic heterocycles. The van der Waals surface area contributed by atoms with Gasteiger partial charge in [0.2, 0.25) is 5.91 Å². The molecule has 6 heteroatoms. The summed E-state index contributed by atoms with van der Waals surface area (Å²) in [4.78, 5) is 24.9. The van der Waals surface area contributed by atoms with Crippen LogP contribution in [0.5, 0.6) is 0 Å². The molecule has 0 aromatic carbocycles. The number of rotatable bonds is 6. The highest BCUT2D eigenvalue weighted by atomic mass is 16.4. The van der Waals surface area contributed by atoms with Gasteiger partial charge in [-0.3, -0.25) is 19.8 Å². The summed E-state index contributed by atoms with van der Waals surface area (Å²) in [5, 5.41) is 13.0. The number of fused-ring (bicyclic) bond motifs is 1. The molecule has 7 unspecified atom stereocenters. The molecule has 3 rings (SSSR count). The van der Waals surface area contributed by atoms with Crippen LogP contribution in [0.1, 0.15) is 64.7 Å². The van der Waals surface area contributed by atoms with Crippen LogP contribution in [0.2, 0.25) is 0 Å². The number of likely N-dealkylation sites (N-methyl/N-ethyl adjacent to an activating group) is 1. The zero-order valence-electron chi connectivity index (χ0n) is 16.9. The Labute approximate surface area is 163 Å². The lowest BCUT2D eigenvalue weighted by Crippen LogP contribution is -2.60. The van der Waals surface area contributed by atoms with Gasteiger partial charge in [-0.15, -0.1) is 0 Å². The Morgan fingerprint density at radius 3 is 2.56 bits per heavy atom. The van der Waals surface area contributed by atoms with Crippen molar-refractivity contribution in [1.82, 2.24) is 10.2 Å². The first-order valence-electron chi connectivity index (χ1n) is 10.9. The highest BCUT2D eigenvalue weighted by Crippen LogP contribution is 2.47. The van der Waals surface area contributed by atoms with Crippen molar-refractivity contribution in [2.45, 2.75) is 76.9 Å². The van der Waals surface area contributed by atoms with E-state index >= 15 is 0 Å². The van der Waals surface area contributed by atoms with Crippen LogP contribution in [-0.4, -0.2) is 47.7 Å². The van der Waals surface area contributed by atoms with E-state index in [4.69, 9.17) is 5.73 Å². The maximum absolute atomic E-state index is 11.8. The van der Waals surface area contributed by atoms with Gasteiger partial charge in [-0.25, -0.2) is 0 Å². The minimum atomic E-state index is -0.779. The molecule has 0 radical (unpaired) electrons. The number of carboxylic acid groups (broad SMARTS) is 1. The summed E-state index contributed by atoms with van der Waals surface area (Å²) >= 11 is 0. The number of piperidine rings is 1. The predicted molar refractivity (Wildman–Crippen MR) is 105 cm³/mol. The summed E-state index contributed by atoms with van der Waals surface area (Å²) in [6, 6.07) is 0.474. The minimum Gasteiger partial charge on any atom is -0.480 e. The van der Waals surface area contributed by atoms with E-state index in [1.807, 2.05) is 11.9 Å². The van der Waals surface area contributed by atoms with Crippen LogP contribution in [0.15, 0.2) is 0 Å². The van der Waals surface area contributed by atoms with Crippen molar-refractivity contribution >= 4 is 11.9 Å². The fraction of sp³-hybridized carbons (Fsp3) is 0.905. The molecule has 4 N–H and O–H groups in total. The number of primary amides is 1. The molecule has 0 aromatic rings. The van der Waals surface area contributed by atoms with Gasteiger partial charge in [0.1, 0.15) is 0 Å². The molecule has 3 aliphatic rings. The molecule has 2 aliphatic carbocycles. The van der Waals surface area contributed by atoms with E-state index in [9.17, 15) is 14.7 Å². The second-order valence-electron chi connectivity index (χ2n) is 9.27. The fourth-order valence-electron chi connectivity index (χ4n) is 6.14. The van der Waals surface area contributed by atoms with Gasteiger partial charge in [-0.05, 0) is 69.2 Å². The largest absolute Gasteiger partial charge is 0.480 e. The summed E-state index contributed by atoms with van der Waals surface area (Å²) in [6.07, 6.45) is 10.2. The van der Waals surface area contributed by atoms with Crippen molar-refractivity contribution in [3.63, 3.8) is 0 Å². The first-order valence-corrected chi connectivity index (χ1v) is 10.9. The SMILES string of the molecule is CCC1CCC2NC(N(C)CC(=O)O)CC(C3CCCC(C(N)=O)C3)C2C1. The molecular weight excluding hydrogens is 342 g/mol. The van der Waals surface area contributed by atoms with Crippen molar-refractivity contribution in [2.75, 3.05) is 13.6 Å². The van der Waals surface area contributed by atoms with Gasteiger partial charge in [-0.2, -0.15) is 0 Å². The normalized spacial score (nSPS) is 39.7. The number of amides is 1. The van der Waals surface area contributed by atoms with Gasteiger partial charge >= 0.3 is 5.97 Å². The van der Waals surface area contributed by atoms with E-state index < -0.39 is 5.97 Å². The highest BCUT2D eigenvalue weighted by molar-refractivity contribution is 5.76. The Hall–Kier alpha value is -1.14. The lowest BCUT2D eigenvalue weighted by Gasteiger charge is -2.52. The Morgan fingerprint density at radius 1 is 1.11 bits per heavy atom. The molecule has 27 heavy (non-hydrogen) atoms. The zero-order valence-corrected chi connectivity index (χ0v) is 16.9.